The second-order valence-corrected chi connectivity index (χ2v) is 4.97. The zero-order chi connectivity index (χ0) is 15.1. The van der Waals surface area contributed by atoms with E-state index in [1.165, 1.54) is 18.3 Å². The van der Waals surface area contributed by atoms with E-state index in [2.05, 4.69) is 15.6 Å². The van der Waals surface area contributed by atoms with Gasteiger partial charge in [-0.3, -0.25) is 4.98 Å². The number of aromatic carboxylic acids is 1. The van der Waals surface area contributed by atoms with Crippen molar-refractivity contribution in [1.29, 1.82) is 0 Å². The predicted molar refractivity (Wildman–Crippen MR) is 75.0 cm³/mol. The summed E-state index contributed by atoms with van der Waals surface area (Å²) in [5.41, 5.74) is 0.665. The van der Waals surface area contributed by atoms with Gasteiger partial charge in [-0.25, -0.2) is 9.59 Å². The van der Waals surface area contributed by atoms with E-state index in [1.54, 1.807) is 0 Å². The number of carbonyl (C=O) groups excluding carboxylic acids is 1. The zero-order valence-corrected chi connectivity index (χ0v) is 11.7. The van der Waals surface area contributed by atoms with Crippen molar-refractivity contribution in [3.63, 3.8) is 0 Å². The minimum atomic E-state index is -1.01. The lowest BCUT2D eigenvalue weighted by molar-refractivity contribution is 0.0696. The molecule has 114 valence electrons. The van der Waals surface area contributed by atoms with Gasteiger partial charge in [0.05, 0.1) is 17.8 Å². The Morgan fingerprint density at radius 1 is 1.43 bits per heavy atom. The lowest BCUT2D eigenvalue weighted by atomic mass is 10.1. The first kappa shape index (κ1) is 15.2. The van der Waals surface area contributed by atoms with Crippen molar-refractivity contribution < 1.29 is 19.4 Å². The van der Waals surface area contributed by atoms with Crippen LogP contribution in [0.4, 0.5) is 4.79 Å². The van der Waals surface area contributed by atoms with Crippen molar-refractivity contribution in [2.75, 3.05) is 19.8 Å². The molecule has 1 saturated heterocycles. The fourth-order valence-corrected chi connectivity index (χ4v) is 2.14. The summed E-state index contributed by atoms with van der Waals surface area (Å²) in [4.78, 5) is 26.4. The number of carboxylic acid groups (broad SMARTS) is 1. The number of nitrogens with one attached hydrogen (secondary N) is 2. The maximum absolute atomic E-state index is 11.6. The summed E-state index contributed by atoms with van der Waals surface area (Å²) in [6.45, 7) is 2.37. The molecule has 1 aromatic heterocycles. The van der Waals surface area contributed by atoms with Crippen LogP contribution in [0, 0.1) is 5.92 Å². The van der Waals surface area contributed by atoms with E-state index in [9.17, 15) is 9.59 Å². The molecule has 1 atom stereocenters. The number of pyridine rings is 1. The molecule has 0 saturated carbocycles. The lowest BCUT2D eigenvalue weighted by Crippen LogP contribution is -2.36. The molecule has 2 amide bonds. The summed E-state index contributed by atoms with van der Waals surface area (Å²) in [5, 5.41) is 14.3. The van der Waals surface area contributed by atoms with Crippen LogP contribution < -0.4 is 10.6 Å². The number of ether oxygens (including phenoxy) is 1. The maximum Gasteiger partial charge on any atom is 0.335 e. The van der Waals surface area contributed by atoms with E-state index in [0.29, 0.717) is 18.2 Å². The lowest BCUT2D eigenvalue weighted by Gasteiger charge is -2.10. The Hall–Kier alpha value is -2.15. The second-order valence-electron chi connectivity index (χ2n) is 4.97. The highest BCUT2D eigenvalue weighted by Gasteiger charge is 2.15. The van der Waals surface area contributed by atoms with Crippen LogP contribution in [0.25, 0.3) is 0 Å². The topological polar surface area (TPSA) is 101 Å². The fourth-order valence-electron chi connectivity index (χ4n) is 2.14. The number of carbonyl (C=O) groups is 2. The number of amides is 2. The Balaban J connectivity index is 1.68. The van der Waals surface area contributed by atoms with E-state index in [-0.39, 0.29) is 18.1 Å². The molecule has 0 aliphatic carbocycles. The number of urea groups is 1. The number of nitrogens with zero attached hydrogens (tertiary/aromatic N) is 1. The molecule has 1 unspecified atom stereocenters. The number of carboxylic acids is 1. The van der Waals surface area contributed by atoms with Crippen molar-refractivity contribution in [3.05, 3.63) is 29.6 Å². The quantitative estimate of drug-likeness (QED) is 0.726. The standard InChI is InChI=1S/C14H19N3O4/c18-13(19)11-2-5-15-12(7-11)8-17-14(20)16-4-1-10-3-6-21-9-10/h2,5,7,10H,1,3-4,6,8-9H2,(H,18,19)(H2,16,17,20). The van der Waals surface area contributed by atoms with Gasteiger partial charge in [0.15, 0.2) is 0 Å². The third-order valence-electron chi connectivity index (χ3n) is 3.36. The summed E-state index contributed by atoms with van der Waals surface area (Å²) in [6.07, 6.45) is 3.37. The molecule has 1 aliphatic heterocycles. The molecule has 0 bridgehead atoms. The number of hydrogen-bond donors (Lipinski definition) is 3. The van der Waals surface area contributed by atoms with Crippen LogP contribution in [0.5, 0.6) is 0 Å². The normalized spacial score (nSPS) is 17.4. The first-order valence-electron chi connectivity index (χ1n) is 6.93. The van der Waals surface area contributed by atoms with E-state index in [1.807, 2.05) is 0 Å². The summed E-state index contributed by atoms with van der Waals surface area (Å²) in [5.74, 6) is -0.485. The molecular weight excluding hydrogens is 274 g/mol. The molecule has 0 aromatic carbocycles. The SMILES string of the molecule is O=C(NCCC1CCOC1)NCc1cc(C(=O)O)ccn1. The molecule has 0 radical (unpaired) electrons. The first-order valence-corrected chi connectivity index (χ1v) is 6.93. The van der Waals surface area contributed by atoms with Crippen molar-refractivity contribution in [2.24, 2.45) is 5.92 Å². The maximum atomic E-state index is 11.6. The van der Waals surface area contributed by atoms with Crippen molar-refractivity contribution in [1.82, 2.24) is 15.6 Å². The van der Waals surface area contributed by atoms with E-state index < -0.39 is 5.97 Å². The number of hydrogen-bond acceptors (Lipinski definition) is 4. The highest BCUT2D eigenvalue weighted by atomic mass is 16.5. The van der Waals surface area contributed by atoms with Crippen molar-refractivity contribution in [2.45, 2.75) is 19.4 Å². The fraction of sp³-hybridized carbons (Fsp3) is 0.500. The van der Waals surface area contributed by atoms with Gasteiger partial charge in [0.2, 0.25) is 0 Å². The molecular formula is C14H19N3O4. The predicted octanol–water partition coefficient (Wildman–Crippen LogP) is 1.01. The van der Waals surface area contributed by atoms with Gasteiger partial charge in [-0.2, -0.15) is 0 Å². The Morgan fingerprint density at radius 2 is 2.29 bits per heavy atom. The summed E-state index contributed by atoms with van der Waals surface area (Å²) in [6, 6.07) is 2.57. The van der Waals surface area contributed by atoms with Gasteiger partial charge >= 0.3 is 12.0 Å². The third-order valence-corrected chi connectivity index (χ3v) is 3.36. The minimum Gasteiger partial charge on any atom is -0.478 e. The molecule has 3 N–H and O–H groups in total. The van der Waals surface area contributed by atoms with Crippen LogP contribution in [0.1, 0.15) is 28.9 Å². The van der Waals surface area contributed by atoms with Gasteiger partial charge in [-0.1, -0.05) is 0 Å². The Kier molecular flexibility index (Phi) is 5.51. The average molecular weight is 293 g/mol. The molecule has 2 rings (SSSR count). The molecule has 21 heavy (non-hydrogen) atoms. The smallest absolute Gasteiger partial charge is 0.335 e. The van der Waals surface area contributed by atoms with Crippen molar-refractivity contribution >= 4 is 12.0 Å². The zero-order valence-electron chi connectivity index (χ0n) is 11.7. The van der Waals surface area contributed by atoms with Gasteiger partial charge in [0.1, 0.15) is 0 Å². The van der Waals surface area contributed by atoms with Gasteiger partial charge in [-0.05, 0) is 30.9 Å². The molecule has 7 heteroatoms. The molecule has 1 aliphatic rings. The number of rotatable bonds is 6. The van der Waals surface area contributed by atoms with Gasteiger partial charge in [-0.15, -0.1) is 0 Å². The molecule has 0 spiro atoms. The summed E-state index contributed by atoms with van der Waals surface area (Å²) in [7, 11) is 0. The van der Waals surface area contributed by atoms with Crippen molar-refractivity contribution in [3.8, 4) is 0 Å². The monoisotopic (exact) mass is 293 g/mol. The summed E-state index contributed by atoms with van der Waals surface area (Å²) < 4.78 is 5.27. The van der Waals surface area contributed by atoms with E-state index >= 15 is 0 Å². The largest absolute Gasteiger partial charge is 0.478 e. The second kappa shape index (κ2) is 7.58. The Bertz CT molecular complexity index is 501. The van der Waals surface area contributed by atoms with Crippen LogP contribution in [0.15, 0.2) is 18.3 Å². The molecule has 2 heterocycles. The summed E-state index contributed by atoms with van der Waals surface area (Å²) >= 11 is 0. The molecule has 1 aromatic rings. The Morgan fingerprint density at radius 3 is 3.00 bits per heavy atom. The van der Waals surface area contributed by atoms with Crippen LogP contribution in [0.2, 0.25) is 0 Å². The van der Waals surface area contributed by atoms with Crippen LogP contribution in [0.3, 0.4) is 0 Å². The molecule has 1 fully saturated rings. The first-order chi connectivity index (χ1) is 10.1. The highest BCUT2D eigenvalue weighted by molar-refractivity contribution is 5.87. The van der Waals surface area contributed by atoms with Gasteiger partial charge < -0.3 is 20.5 Å². The van der Waals surface area contributed by atoms with Crippen LogP contribution in [-0.4, -0.2) is 41.8 Å². The minimum absolute atomic E-state index is 0.156. The highest BCUT2D eigenvalue weighted by Crippen LogP contribution is 2.15. The molecule has 7 nitrogen and oxygen atoms in total. The van der Waals surface area contributed by atoms with Gasteiger partial charge in [0.25, 0.3) is 0 Å². The average Bonchev–Trinajstić information content (AvgIpc) is 2.99. The van der Waals surface area contributed by atoms with Crippen LogP contribution >= 0.6 is 0 Å². The van der Waals surface area contributed by atoms with Gasteiger partial charge in [0, 0.05) is 26.0 Å². The van der Waals surface area contributed by atoms with Crippen LogP contribution in [-0.2, 0) is 11.3 Å². The van der Waals surface area contributed by atoms with E-state index in [0.717, 1.165) is 26.1 Å². The number of aromatic nitrogens is 1. The Labute approximate surface area is 122 Å². The third kappa shape index (κ3) is 5.03. The van der Waals surface area contributed by atoms with E-state index in [4.69, 9.17) is 9.84 Å².